The Morgan fingerprint density at radius 3 is 1.76 bits per heavy atom. The fourth-order valence-electron chi connectivity index (χ4n) is 1.79. The smallest absolute Gasteiger partial charge is 0.410 e. The molecule has 0 aliphatic carbocycles. The number of carbonyl (C=O) groups excluding carboxylic acids is 2. The second-order valence-corrected chi connectivity index (χ2v) is 5.26. The number of hydrogen-bond acceptors (Lipinski definition) is 4. The summed E-state index contributed by atoms with van der Waals surface area (Å²) in [4.78, 5) is 24.7. The van der Waals surface area contributed by atoms with E-state index >= 15 is 0 Å². The maximum Gasteiger partial charge on any atom is 0.410 e. The summed E-state index contributed by atoms with van der Waals surface area (Å²) in [5.74, 6) is -0.271. The van der Waals surface area contributed by atoms with Crippen molar-refractivity contribution in [3.8, 4) is 0 Å². The number of carbonyl (C=O) groups is 2. The van der Waals surface area contributed by atoms with Crippen LogP contribution in [0.1, 0.15) is 61.3 Å². The Morgan fingerprint density at radius 2 is 1.43 bits per heavy atom. The molecule has 0 saturated carbocycles. The zero-order valence-corrected chi connectivity index (χ0v) is 15.0. The predicted molar refractivity (Wildman–Crippen MR) is 85.2 cm³/mol. The Morgan fingerprint density at radius 1 is 1.00 bits per heavy atom. The van der Waals surface area contributed by atoms with Crippen LogP contribution in [0, 0.1) is 5.92 Å². The number of piperidine rings is 1. The highest BCUT2D eigenvalue weighted by Crippen LogP contribution is 2.20. The fourth-order valence-corrected chi connectivity index (χ4v) is 1.79. The summed E-state index contributed by atoms with van der Waals surface area (Å²) in [5, 5.41) is 0. The number of hydrogen-bond donors (Lipinski definition) is 0. The van der Waals surface area contributed by atoms with Crippen molar-refractivity contribution in [1.29, 1.82) is 0 Å². The van der Waals surface area contributed by atoms with Gasteiger partial charge >= 0.3 is 12.1 Å². The van der Waals surface area contributed by atoms with Crippen LogP contribution in [0.3, 0.4) is 0 Å². The third-order valence-electron chi connectivity index (χ3n) is 2.68. The van der Waals surface area contributed by atoms with Gasteiger partial charge in [-0.2, -0.15) is 0 Å². The Balaban J connectivity index is 0. The molecular weight excluding hydrogens is 270 g/mol. The molecule has 0 unspecified atom stereocenters. The summed E-state index contributed by atoms with van der Waals surface area (Å²) in [6.07, 6.45) is 0.985. The Bertz CT molecular complexity index is 289. The topological polar surface area (TPSA) is 55.8 Å². The van der Waals surface area contributed by atoms with Gasteiger partial charge in [0.15, 0.2) is 0 Å². The van der Waals surface area contributed by atoms with E-state index in [-0.39, 0.29) is 18.0 Å². The highest BCUT2D eigenvalue weighted by atomic mass is 16.6. The average Bonchev–Trinajstić information content (AvgIpc) is 2.49. The zero-order chi connectivity index (χ0) is 17.1. The summed E-state index contributed by atoms with van der Waals surface area (Å²) in [6.45, 7) is 14.6. The molecule has 1 fully saturated rings. The number of likely N-dealkylation sites (tertiary alicyclic amines) is 1. The maximum atomic E-state index is 11.7. The summed E-state index contributed by atoms with van der Waals surface area (Å²) >= 11 is 0. The van der Waals surface area contributed by atoms with Crippen LogP contribution in [0.25, 0.3) is 0 Å². The number of methoxy groups -OCH3 is 1. The van der Waals surface area contributed by atoms with Crippen LogP contribution in [0.4, 0.5) is 4.79 Å². The summed E-state index contributed by atoms with van der Waals surface area (Å²) in [5.41, 5.74) is -0.476. The summed E-state index contributed by atoms with van der Waals surface area (Å²) < 4.78 is 9.96. The van der Waals surface area contributed by atoms with E-state index in [1.807, 2.05) is 48.5 Å². The van der Waals surface area contributed by atoms with Crippen molar-refractivity contribution >= 4 is 12.1 Å². The molecule has 5 nitrogen and oxygen atoms in total. The normalized spacial score (nSPS) is 15.0. The predicted octanol–water partition coefficient (Wildman–Crippen LogP) is 3.86. The SMILES string of the molecule is CC.CC.COC(=O)C1CCN(C(=O)OC(C)(C)C)CC1. The standard InChI is InChI=1S/C12H21NO4.2C2H6/c1-12(2,3)17-11(15)13-7-5-9(6-8-13)10(14)16-4;2*1-2/h9H,5-8H2,1-4H3;2*1-2H3. The van der Waals surface area contributed by atoms with E-state index in [0.717, 1.165) is 0 Å². The van der Waals surface area contributed by atoms with E-state index in [0.29, 0.717) is 25.9 Å². The molecule has 21 heavy (non-hydrogen) atoms. The molecule has 0 radical (unpaired) electrons. The average molecular weight is 303 g/mol. The number of esters is 1. The molecule has 0 aromatic heterocycles. The van der Waals surface area contributed by atoms with Crippen LogP contribution in [0.15, 0.2) is 0 Å². The van der Waals surface area contributed by atoms with Gasteiger partial charge in [0.25, 0.3) is 0 Å². The van der Waals surface area contributed by atoms with Crippen molar-refractivity contribution in [3.05, 3.63) is 0 Å². The van der Waals surface area contributed by atoms with Gasteiger partial charge in [0, 0.05) is 13.1 Å². The summed E-state index contributed by atoms with van der Waals surface area (Å²) in [6, 6.07) is 0. The van der Waals surface area contributed by atoms with Crippen LogP contribution in [-0.4, -0.2) is 42.8 Å². The largest absolute Gasteiger partial charge is 0.469 e. The van der Waals surface area contributed by atoms with Crippen molar-refractivity contribution in [2.24, 2.45) is 5.92 Å². The fraction of sp³-hybridized carbons (Fsp3) is 0.875. The van der Waals surface area contributed by atoms with E-state index in [9.17, 15) is 9.59 Å². The highest BCUT2D eigenvalue weighted by molar-refractivity contribution is 5.73. The van der Waals surface area contributed by atoms with Gasteiger partial charge in [-0.1, -0.05) is 27.7 Å². The molecule has 0 atom stereocenters. The minimum atomic E-state index is -0.476. The van der Waals surface area contributed by atoms with Gasteiger partial charge in [0.05, 0.1) is 13.0 Å². The first-order chi connectivity index (χ1) is 9.83. The van der Waals surface area contributed by atoms with Gasteiger partial charge in [-0.3, -0.25) is 4.79 Å². The van der Waals surface area contributed by atoms with E-state index in [1.54, 1.807) is 4.90 Å². The lowest BCUT2D eigenvalue weighted by atomic mass is 9.97. The summed E-state index contributed by atoms with van der Waals surface area (Å²) in [7, 11) is 1.39. The highest BCUT2D eigenvalue weighted by Gasteiger charge is 2.30. The molecule has 126 valence electrons. The van der Waals surface area contributed by atoms with Crippen LogP contribution < -0.4 is 0 Å². The molecule has 1 amide bonds. The number of amides is 1. The molecule has 1 heterocycles. The molecule has 1 aliphatic rings. The third kappa shape index (κ3) is 9.32. The van der Waals surface area contributed by atoms with Gasteiger partial charge in [0.1, 0.15) is 5.60 Å². The third-order valence-corrected chi connectivity index (χ3v) is 2.68. The Hall–Kier alpha value is -1.26. The van der Waals surface area contributed by atoms with E-state index in [2.05, 4.69) is 0 Å². The monoisotopic (exact) mass is 303 g/mol. The molecule has 1 rings (SSSR count). The molecule has 0 aromatic rings. The van der Waals surface area contributed by atoms with E-state index in [1.165, 1.54) is 7.11 Å². The van der Waals surface area contributed by atoms with Crippen molar-refractivity contribution < 1.29 is 19.1 Å². The number of ether oxygens (including phenoxy) is 2. The zero-order valence-electron chi connectivity index (χ0n) is 15.0. The molecule has 1 aliphatic heterocycles. The van der Waals surface area contributed by atoms with Crippen LogP contribution >= 0.6 is 0 Å². The molecule has 0 aromatic carbocycles. The molecule has 0 bridgehead atoms. The van der Waals surface area contributed by atoms with Crippen LogP contribution in [-0.2, 0) is 14.3 Å². The van der Waals surface area contributed by atoms with Gasteiger partial charge in [-0.05, 0) is 33.6 Å². The maximum absolute atomic E-state index is 11.7. The minimum Gasteiger partial charge on any atom is -0.469 e. The first-order valence-corrected chi connectivity index (χ1v) is 7.89. The lowest BCUT2D eigenvalue weighted by Crippen LogP contribution is -2.43. The van der Waals surface area contributed by atoms with Crippen molar-refractivity contribution in [1.82, 2.24) is 4.90 Å². The second-order valence-electron chi connectivity index (χ2n) is 5.26. The Labute approximate surface area is 130 Å². The first-order valence-electron chi connectivity index (χ1n) is 7.89. The lowest BCUT2D eigenvalue weighted by molar-refractivity contribution is -0.147. The Kier molecular flexibility index (Phi) is 12.0. The number of rotatable bonds is 1. The van der Waals surface area contributed by atoms with Gasteiger partial charge in [-0.15, -0.1) is 0 Å². The van der Waals surface area contributed by atoms with Crippen molar-refractivity contribution in [2.45, 2.75) is 66.9 Å². The van der Waals surface area contributed by atoms with E-state index in [4.69, 9.17) is 9.47 Å². The van der Waals surface area contributed by atoms with Gasteiger partial charge < -0.3 is 14.4 Å². The van der Waals surface area contributed by atoms with Crippen LogP contribution in [0.2, 0.25) is 0 Å². The van der Waals surface area contributed by atoms with Gasteiger partial charge in [-0.25, -0.2) is 4.79 Å². The van der Waals surface area contributed by atoms with Crippen LogP contribution in [0.5, 0.6) is 0 Å². The van der Waals surface area contributed by atoms with Crippen molar-refractivity contribution in [2.75, 3.05) is 20.2 Å². The quantitative estimate of drug-likeness (QED) is 0.690. The van der Waals surface area contributed by atoms with Crippen molar-refractivity contribution in [3.63, 3.8) is 0 Å². The minimum absolute atomic E-state index is 0.0845. The molecule has 1 saturated heterocycles. The molecular formula is C16H33NO4. The lowest BCUT2D eigenvalue weighted by Gasteiger charge is -2.32. The molecule has 0 N–H and O–H groups in total. The molecule has 5 heteroatoms. The number of nitrogens with zero attached hydrogens (tertiary/aromatic N) is 1. The van der Waals surface area contributed by atoms with Gasteiger partial charge in [0.2, 0.25) is 0 Å². The molecule has 0 spiro atoms. The second kappa shape index (κ2) is 11.4. The van der Waals surface area contributed by atoms with E-state index < -0.39 is 5.60 Å². The first kappa shape index (κ1) is 22.0.